The molecule has 2 aliphatic rings. The number of carbonyl (C=O) groups excluding carboxylic acids is 2. The first-order valence-corrected chi connectivity index (χ1v) is 8.12. The van der Waals surface area contributed by atoms with Gasteiger partial charge in [0, 0.05) is 24.8 Å². The molecule has 3 atom stereocenters. The molecule has 1 aromatic rings. The monoisotopic (exact) mass is 409 g/mol. The largest absolute Gasteiger partial charge is 0.573 e. The Morgan fingerprint density at radius 2 is 2.11 bits per heavy atom. The van der Waals surface area contributed by atoms with Crippen molar-refractivity contribution >= 4 is 29.9 Å². The number of aliphatic hydroxyl groups is 1. The predicted octanol–water partition coefficient (Wildman–Crippen LogP) is 0.951. The number of benzene rings is 1. The van der Waals surface area contributed by atoms with Crippen molar-refractivity contribution in [2.45, 2.75) is 37.4 Å². The fourth-order valence-corrected chi connectivity index (χ4v) is 3.11. The molecule has 0 radical (unpaired) electrons. The lowest BCUT2D eigenvalue weighted by Crippen LogP contribution is -2.48. The highest BCUT2D eigenvalue weighted by molar-refractivity contribution is 6.01. The van der Waals surface area contributed by atoms with E-state index in [0.717, 1.165) is 12.1 Å². The van der Waals surface area contributed by atoms with Gasteiger partial charge in [0.05, 0.1) is 12.1 Å². The number of carbonyl (C=O) groups is 2. The number of nitrogens with one attached hydrogen (secondary N) is 2. The molecular weight excluding hydrogens is 391 g/mol. The summed E-state index contributed by atoms with van der Waals surface area (Å²) in [5.74, 6) is -1.20. The molecule has 0 aromatic heterocycles. The molecule has 2 amide bonds. The Morgan fingerprint density at radius 3 is 2.74 bits per heavy atom. The molecule has 0 bridgehead atoms. The Balaban J connectivity index is 0.00000261. The minimum Gasteiger partial charge on any atom is -0.406 e. The minimum absolute atomic E-state index is 0. The maximum atomic E-state index is 12.5. The second-order valence-electron chi connectivity index (χ2n) is 6.24. The van der Waals surface area contributed by atoms with Crippen LogP contribution in [0.5, 0.6) is 5.75 Å². The molecule has 2 heterocycles. The summed E-state index contributed by atoms with van der Waals surface area (Å²) in [5.41, 5.74) is 0.267. The zero-order valence-electron chi connectivity index (χ0n) is 14.0. The molecule has 0 spiro atoms. The predicted molar refractivity (Wildman–Crippen MR) is 91.7 cm³/mol. The van der Waals surface area contributed by atoms with E-state index in [0.29, 0.717) is 13.0 Å². The molecule has 27 heavy (non-hydrogen) atoms. The van der Waals surface area contributed by atoms with Gasteiger partial charge in [-0.25, -0.2) is 0 Å². The van der Waals surface area contributed by atoms with Crippen molar-refractivity contribution in [3.63, 3.8) is 0 Å². The molecule has 0 aliphatic carbocycles. The minimum atomic E-state index is -4.82. The first-order chi connectivity index (χ1) is 12.2. The van der Waals surface area contributed by atoms with Crippen LogP contribution in [0.25, 0.3) is 0 Å². The summed E-state index contributed by atoms with van der Waals surface area (Å²) >= 11 is 0. The fourth-order valence-electron chi connectivity index (χ4n) is 3.11. The van der Waals surface area contributed by atoms with Crippen molar-refractivity contribution in [2.75, 3.05) is 18.0 Å². The van der Waals surface area contributed by atoms with Crippen molar-refractivity contribution in [3.05, 3.63) is 24.3 Å². The number of rotatable bonds is 4. The van der Waals surface area contributed by atoms with Crippen molar-refractivity contribution in [1.29, 1.82) is 0 Å². The summed E-state index contributed by atoms with van der Waals surface area (Å²) in [4.78, 5) is 26.0. The molecule has 1 aromatic carbocycles. The van der Waals surface area contributed by atoms with E-state index >= 15 is 0 Å². The lowest BCUT2D eigenvalue weighted by Gasteiger charge is -2.19. The summed E-state index contributed by atoms with van der Waals surface area (Å²) in [6.45, 7) is 0.578. The molecule has 2 fully saturated rings. The van der Waals surface area contributed by atoms with Gasteiger partial charge in [-0.3, -0.25) is 9.59 Å². The smallest absolute Gasteiger partial charge is 0.406 e. The van der Waals surface area contributed by atoms with Gasteiger partial charge in [-0.15, -0.1) is 25.6 Å². The van der Waals surface area contributed by atoms with Crippen LogP contribution in [0.2, 0.25) is 0 Å². The van der Waals surface area contributed by atoms with Crippen LogP contribution in [-0.2, 0) is 9.59 Å². The van der Waals surface area contributed by atoms with Crippen LogP contribution < -0.4 is 20.3 Å². The average Bonchev–Trinajstić information content (AvgIpc) is 3.13. The molecule has 2 aliphatic heterocycles. The van der Waals surface area contributed by atoms with Gasteiger partial charge in [0.25, 0.3) is 0 Å². The Bertz CT molecular complexity index is 704. The van der Waals surface area contributed by atoms with Crippen molar-refractivity contribution in [2.24, 2.45) is 0 Å². The number of amides is 2. The van der Waals surface area contributed by atoms with E-state index < -0.39 is 36.2 Å². The molecule has 3 N–H and O–H groups in total. The second kappa shape index (κ2) is 8.32. The maximum Gasteiger partial charge on any atom is 0.573 e. The number of β-amino-alcohol motifs (C(OH)–C–C–N with tert-alkyl or cyclic N) is 1. The van der Waals surface area contributed by atoms with Gasteiger partial charge < -0.3 is 25.4 Å². The van der Waals surface area contributed by atoms with E-state index in [9.17, 15) is 27.9 Å². The number of halogens is 4. The van der Waals surface area contributed by atoms with Crippen LogP contribution in [0.4, 0.5) is 18.9 Å². The third-order valence-electron chi connectivity index (χ3n) is 4.31. The van der Waals surface area contributed by atoms with E-state index in [1.807, 2.05) is 0 Å². The number of aliphatic hydroxyl groups excluding tert-OH is 1. The van der Waals surface area contributed by atoms with E-state index in [-0.39, 0.29) is 37.0 Å². The average molecular weight is 410 g/mol. The molecule has 3 unspecified atom stereocenters. The molecule has 2 saturated heterocycles. The highest BCUT2D eigenvalue weighted by Gasteiger charge is 2.37. The van der Waals surface area contributed by atoms with Gasteiger partial charge in [-0.05, 0) is 25.0 Å². The van der Waals surface area contributed by atoms with Crippen molar-refractivity contribution in [3.8, 4) is 5.75 Å². The molecule has 7 nitrogen and oxygen atoms in total. The van der Waals surface area contributed by atoms with E-state index in [1.165, 1.54) is 17.0 Å². The number of alkyl halides is 3. The summed E-state index contributed by atoms with van der Waals surface area (Å²) in [6.07, 6.45) is -4.81. The van der Waals surface area contributed by atoms with Gasteiger partial charge >= 0.3 is 6.36 Å². The lowest BCUT2D eigenvalue weighted by molar-refractivity contribution is -0.274. The van der Waals surface area contributed by atoms with Gasteiger partial charge in [0.2, 0.25) is 11.8 Å². The van der Waals surface area contributed by atoms with Crippen LogP contribution in [0.3, 0.4) is 0 Å². The Morgan fingerprint density at radius 1 is 1.37 bits per heavy atom. The van der Waals surface area contributed by atoms with E-state index in [1.54, 1.807) is 0 Å². The van der Waals surface area contributed by atoms with Crippen LogP contribution in [0.1, 0.15) is 12.8 Å². The summed E-state index contributed by atoms with van der Waals surface area (Å²) in [5, 5.41) is 14.9. The fraction of sp³-hybridized carbons (Fsp3) is 0.500. The lowest BCUT2D eigenvalue weighted by atomic mass is 10.1. The summed E-state index contributed by atoms with van der Waals surface area (Å²) < 4.78 is 40.9. The summed E-state index contributed by atoms with van der Waals surface area (Å²) in [7, 11) is 0. The Labute approximate surface area is 159 Å². The third kappa shape index (κ3) is 5.24. The number of nitrogens with zero attached hydrogens (tertiary/aromatic N) is 1. The van der Waals surface area contributed by atoms with Crippen LogP contribution in [-0.4, -0.2) is 54.6 Å². The van der Waals surface area contributed by atoms with Gasteiger partial charge in [-0.2, -0.15) is 0 Å². The second-order valence-corrected chi connectivity index (χ2v) is 6.24. The number of hydrogen-bond donors (Lipinski definition) is 3. The first-order valence-electron chi connectivity index (χ1n) is 8.12. The van der Waals surface area contributed by atoms with Crippen molar-refractivity contribution in [1.82, 2.24) is 10.6 Å². The van der Waals surface area contributed by atoms with E-state index in [4.69, 9.17) is 0 Å². The molecular formula is C16H19ClF3N3O4. The zero-order chi connectivity index (χ0) is 18.9. The van der Waals surface area contributed by atoms with Gasteiger partial charge in [0.15, 0.2) is 0 Å². The third-order valence-corrected chi connectivity index (χ3v) is 4.31. The highest BCUT2D eigenvalue weighted by Crippen LogP contribution is 2.29. The zero-order valence-corrected chi connectivity index (χ0v) is 14.8. The maximum absolute atomic E-state index is 12.5. The standard InChI is InChI=1S/C16H18F3N3O4.ClH/c17-16(18,19)26-11-3-1-2-9(6-11)22-5-4-12(15(22)25)21-14(24)13-7-10(23)8-20-13;/h1-3,6,10,12-13,20,23H,4-5,7-8H2,(H,21,24);1H. The van der Waals surface area contributed by atoms with Crippen molar-refractivity contribution < 1.29 is 32.6 Å². The topological polar surface area (TPSA) is 90.9 Å². The highest BCUT2D eigenvalue weighted by atomic mass is 35.5. The normalized spacial score (nSPS) is 25.3. The van der Waals surface area contributed by atoms with Crippen LogP contribution in [0.15, 0.2) is 24.3 Å². The Hall–Kier alpha value is -2.04. The quantitative estimate of drug-likeness (QED) is 0.689. The number of ether oxygens (including phenoxy) is 1. The van der Waals surface area contributed by atoms with E-state index in [2.05, 4.69) is 15.4 Å². The number of anilines is 1. The van der Waals surface area contributed by atoms with Gasteiger partial charge in [-0.1, -0.05) is 6.07 Å². The Kier molecular flexibility index (Phi) is 6.55. The molecule has 3 rings (SSSR count). The summed E-state index contributed by atoms with van der Waals surface area (Å²) in [6, 6.07) is 3.82. The van der Waals surface area contributed by atoms with Crippen LogP contribution >= 0.6 is 12.4 Å². The molecule has 11 heteroatoms. The van der Waals surface area contributed by atoms with Crippen LogP contribution in [0, 0.1) is 0 Å². The molecule has 150 valence electrons. The SMILES string of the molecule is Cl.O=C(NC1CCN(c2cccc(OC(F)(F)F)c2)C1=O)C1CC(O)CN1. The first kappa shape index (κ1) is 21.3. The molecule has 0 saturated carbocycles. The number of hydrogen-bond acceptors (Lipinski definition) is 5. The van der Waals surface area contributed by atoms with Gasteiger partial charge in [0.1, 0.15) is 11.8 Å².